The van der Waals surface area contributed by atoms with Crippen LogP contribution in [0.3, 0.4) is 0 Å². The van der Waals surface area contributed by atoms with Crippen molar-refractivity contribution in [1.82, 2.24) is 4.98 Å². The van der Waals surface area contributed by atoms with Gasteiger partial charge in [-0.3, -0.25) is 9.59 Å². The van der Waals surface area contributed by atoms with Gasteiger partial charge in [-0.05, 0) is 31.4 Å². The summed E-state index contributed by atoms with van der Waals surface area (Å²) in [7, 11) is 0. The fourth-order valence-corrected chi connectivity index (χ4v) is 2.52. The highest BCUT2D eigenvalue weighted by Gasteiger charge is 2.31. The minimum atomic E-state index is -0.826. The molecule has 1 saturated carbocycles. The molecule has 102 valence electrons. The third kappa shape index (κ3) is 3.44. The SMILES string of the molecule is O=C(O)C1CCCC(C(=O)Nc2ncccc2Cl)C1. The number of nitrogens with one attached hydrogen (secondary N) is 1. The van der Waals surface area contributed by atoms with E-state index >= 15 is 0 Å². The lowest BCUT2D eigenvalue weighted by Crippen LogP contribution is -2.31. The summed E-state index contributed by atoms with van der Waals surface area (Å²) in [5, 5.41) is 12.0. The molecule has 0 radical (unpaired) electrons. The van der Waals surface area contributed by atoms with Crippen LogP contribution in [0.1, 0.15) is 25.7 Å². The lowest BCUT2D eigenvalue weighted by Gasteiger charge is -2.25. The van der Waals surface area contributed by atoms with Gasteiger partial charge in [0.15, 0.2) is 5.82 Å². The van der Waals surface area contributed by atoms with Gasteiger partial charge in [-0.1, -0.05) is 18.0 Å². The van der Waals surface area contributed by atoms with E-state index in [0.717, 1.165) is 6.42 Å². The van der Waals surface area contributed by atoms with Gasteiger partial charge in [-0.25, -0.2) is 4.98 Å². The first-order valence-corrected chi connectivity index (χ1v) is 6.60. The van der Waals surface area contributed by atoms with Crippen LogP contribution in [0, 0.1) is 11.8 Å². The van der Waals surface area contributed by atoms with E-state index in [-0.39, 0.29) is 11.8 Å². The summed E-state index contributed by atoms with van der Waals surface area (Å²) in [5.74, 6) is -1.41. The van der Waals surface area contributed by atoms with E-state index in [1.54, 1.807) is 18.3 Å². The molecule has 1 aromatic heterocycles. The average molecular weight is 283 g/mol. The number of carboxylic acids is 1. The largest absolute Gasteiger partial charge is 0.481 e. The average Bonchev–Trinajstić information content (AvgIpc) is 2.41. The second-order valence-electron chi connectivity index (χ2n) is 4.72. The number of pyridine rings is 1. The zero-order valence-electron chi connectivity index (χ0n) is 10.3. The van der Waals surface area contributed by atoms with Gasteiger partial charge >= 0.3 is 5.97 Å². The van der Waals surface area contributed by atoms with Crippen molar-refractivity contribution in [3.8, 4) is 0 Å². The van der Waals surface area contributed by atoms with Crippen LogP contribution >= 0.6 is 11.6 Å². The maximum Gasteiger partial charge on any atom is 0.306 e. The van der Waals surface area contributed by atoms with Crippen LogP contribution in [0.4, 0.5) is 5.82 Å². The highest BCUT2D eigenvalue weighted by Crippen LogP contribution is 2.30. The zero-order valence-corrected chi connectivity index (χ0v) is 11.1. The molecule has 1 fully saturated rings. The topological polar surface area (TPSA) is 79.3 Å². The van der Waals surface area contributed by atoms with Crippen LogP contribution in [0.2, 0.25) is 5.02 Å². The van der Waals surface area contributed by atoms with E-state index in [9.17, 15) is 9.59 Å². The number of anilines is 1. The number of carbonyl (C=O) groups is 2. The number of hydrogen-bond donors (Lipinski definition) is 2. The molecule has 19 heavy (non-hydrogen) atoms. The van der Waals surface area contributed by atoms with Crippen molar-refractivity contribution in [2.75, 3.05) is 5.32 Å². The van der Waals surface area contributed by atoms with Gasteiger partial charge in [-0.2, -0.15) is 0 Å². The number of carbonyl (C=O) groups excluding carboxylic acids is 1. The third-order valence-electron chi connectivity index (χ3n) is 3.39. The lowest BCUT2D eigenvalue weighted by atomic mass is 9.81. The molecule has 0 spiro atoms. The van der Waals surface area contributed by atoms with E-state index in [1.165, 1.54) is 0 Å². The van der Waals surface area contributed by atoms with Crippen LogP contribution in [0.15, 0.2) is 18.3 Å². The third-order valence-corrected chi connectivity index (χ3v) is 3.70. The van der Waals surface area contributed by atoms with Crippen LogP contribution < -0.4 is 5.32 Å². The van der Waals surface area contributed by atoms with Crippen molar-refractivity contribution in [1.29, 1.82) is 0 Å². The van der Waals surface area contributed by atoms with E-state index in [0.29, 0.717) is 30.1 Å². The van der Waals surface area contributed by atoms with Crippen molar-refractivity contribution >= 4 is 29.3 Å². The summed E-state index contributed by atoms with van der Waals surface area (Å²) < 4.78 is 0. The summed E-state index contributed by atoms with van der Waals surface area (Å²) in [6.45, 7) is 0. The van der Waals surface area contributed by atoms with Crippen molar-refractivity contribution in [3.63, 3.8) is 0 Å². The molecular formula is C13H15ClN2O3. The molecular weight excluding hydrogens is 268 g/mol. The minimum Gasteiger partial charge on any atom is -0.481 e. The van der Waals surface area contributed by atoms with Gasteiger partial charge in [-0.15, -0.1) is 0 Å². The first kappa shape index (κ1) is 13.8. The van der Waals surface area contributed by atoms with Gasteiger partial charge < -0.3 is 10.4 Å². The summed E-state index contributed by atoms with van der Waals surface area (Å²) >= 11 is 5.92. The fraction of sp³-hybridized carbons (Fsp3) is 0.462. The lowest BCUT2D eigenvalue weighted by molar-refractivity contribution is -0.143. The molecule has 0 bridgehead atoms. The number of carboxylic acid groups (broad SMARTS) is 1. The Hall–Kier alpha value is -1.62. The monoisotopic (exact) mass is 282 g/mol. The Morgan fingerprint density at radius 1 is 1.37 bits per heavy atom. The van der Waals surface area contributed by atoms with Crippen molar-refractivity contribution in [3.05, 3.63) is 23.4 Å². The molecule has 6 heteroatoms. The smallest absolute Gasteiger partial charge is 0.306 e. The molecule has 1 aromatic rings. The molecule has 1 heterocycles. The Kier molecular flexibility index (Phi) is 4.37. The molecule has 0 aliphatic heterocycles. The molecule has 2 N–H and O–H groups in total. The second-order valence-corrected chi connectivity index (χ2v) is 5.13. The molecule has 2 rings (SSSR count). The van der Waals surface area contributed by atoms with Gasteiger partial charge in [0.2, 0.25) is 5.91 Å². The molecule has 1 aliphatic carbocycles. The van der Waals surface area contributed by atoms with Gasteiger partial charge in [0, 0.05) is 12.1 Å². The molecule has 2 unspecified atom stereocenters. The quantitative estimate of drug-likeness (QED) is 0.893. The highest BCUT2D eigenvalue weighted by molar-refractivity contribution is 6.33. The van der Waals surface area contributed by atoms with Crippen LogP contribution in [-0.4, -0.2) is 22.0 Å². The Balaban J connectivity index is 2.00. The first-order valence-electron chi connectivity index (χ1n) is 6.22. The predicted molar refractivity (Wildman–Crippen MR) is 71.0 cm³/mol. The zero-order chi connectivity index (χ0) is 13.8. The Morgan fingerprint density at radius 2 is 2.11 bits per heavy atom. The fourth-order valence-electron chi connectivity index (χ4n) is 2.35. The summed E-state index contributed by atoms with van der Waals surface area (Å²) in [5.41, 5.74) is 0. The van der Waals surface area contributed by atoms with Gasteiger partial charge in [0.25, 0.3) is 0 Å². The van der Waals surface area contributed by atoms with Crippen molar-refractivity contribution < 1.29 is 14.7 Å². The standard InChI is InChI=1S/C13H15ClN2O3/c14-10-5-2-6-15-11(10)16-12(17)8-3-1-4-9(7-8)13(18)19/h2,5-6,8-9H,1,3-4,7H2,(H,18,19)(H,15,16,17). The van der Waals surface area contributed by atoms with E-state index < -0.39 is 11.9 Å². The number of aromatic nitrogens is 1. The summed E-state index contributed by atoms with van der Waals surface area (Å²) in [6, 6.07) is 3.32. The second kappa shape index (κ2) is 6.02. The maximum absolute atomic E-state index is 12.1. The van der Waals surface area contributed by atoms with Crippen molar-refractivity contribution in [2.24, 2.45) is 11.8 Å². The highest BCUT2D eigenvalue weighted by atomic mass is 35.5. The Bertz CT molecular complexity index is 493. The van der Waals surface area contributed by atoms with Crippen molar-refractivity contribution in [2.45, 2.75) is 25.7 Å². The molecule has 0 saturated heterocycles. The van der Waals surface area contributed by atoms with E-state index in [4.69, 9.17) is 16.7 Å². The molecule has 2 atom stereocenters. The normalized spacial score (nSPS) is 22.8. The molecule has 5 nitrogen and oxygen atoms in total. The van der Waals surface area contributed by atoms with Gasteiger partial charge in [0.1, 0.15) is 0 Å². The van der Waals surface area contributed by atoms with E-state index in [2.05, 4.69) is 10.3 Å². The predicted octanol–water partition coefficient (Wildman–Crippen LogP) is 2.56. The van der Waals surface area contributed by atoms with Crippen LogP contribution in [0.5, 0.6) is 0 Å². The van der Waals surface area contributed by atoms with Gasteiger partial charge in [0.05, 0.1) is 10.9 Å². The number of aliphatic carboxylic acids is 1. The summed E-state index contributed by atoms with van der Waals surface area (Å²) in [4.78, 5) is 27.0. The number of nitrogens with zero attached hydrogens (tertiary/aromatic N) is 1. The minimum absolute atomic E-state index is 0.202. The maximum atomic E-state index is 12.1. The molecule has 0 aromatic carbocycles. The number of halogens is 1. The Morgan fingerprint density at radius 3 is 2.79 bits per heavy atom. The Labute approximate surface area is 116 Å². The van der Waals surface area contributed by atoms with Crippen LogP contribution in [0.25, 0.3) is 0 Å². The number of rotatable bonds is 3. The molecule has 1 amide bonds. The first-order chi connectivity index (χ1) is 9.08. The van der Waals surface area contributed by atoms with Crippen LogP contribution in [-0.2, 0) is 9.59 Å². The molecule has 1 aliphatic rings. The van der Waals surface area contributed by atoms with E-state index in [1.807, 2.05) is 0 Å². The summed E-state index contributed by atoms with van der Waals surface area (Å²) in [6.07, 6.45) is 4.03. The number of hydrogen-bond acceptors (Lipinski definition) is 3. The number of amides is 1.